The zero-order valence-electron chi connectivity index (χ0n) is 7.50. The van der Waals surface area contributed by atoms with Crippen molar-refractivity contribution in [3.8, 4) is 0 Å². The number of anilines is 1. The van der Waals surface area contributed by atoms with Gasteiger partial charge in [0, 0.05) is 12.2 Å². The molecule has 3 nitrogen and oxygen atoms in total. The van der Waals surface area contributed by atoms with Crippen LogP contribution in [0, 0.1) is 0 Å². The van der Waals surface area contributed by atoms with E-state index in [4.69, 9.17) is 23.2 Å². The number of halogens is 3. The van der Waals surface area contributed by atoms with E-state index in [0.717, 1.165) is 0 Å². The van der Waals surface area contributed by atoms with Gasteiger partial charge in [-0.25, -0.2) is 0 Å². The van der Waals surface area contributed by atoms with Gasteiger partial charge in [-0.2, -0.15) is 8.42 Å². The lowest BCUT2D eigenvalue weighted by Crippen LogP contribution is -2.11. The first-order chi connectivity index (χ1) is 6.88. The van der Waals surface area contributed by atoms with E-state index in [1.165, 1.54) is 6.07 Å². The van der Waals surface area contributed by atoms with Gasteiger partial charge in [0.2, 0.25) is 0 Å². The van der Waals surface area contributed by atoms with E-state index in [9.17, 15) is 12.3 Å². The summed E-state index contributed by atoms with van der Waals surface area (Å²) in [6.45, 7) is -0.0171. The summed E-state index contributed by atoms with van der Waals surface area (Å²) < 4.78 is 32.5. The average Bonchev–Trinajstić information content (AvgIpc) is 2.09. The molecule has 0 unspecified atom stereocenters. The lowest BCUT2D eigenvalue weighted by atomic mass is 10.3. The summed E-state index contributed by atoms with van der Waals surface area (Å²) in [4.78, 5) is 0. The molecule has 0 aliphatic heterocycles. The van der Waals surface area contributed by atoms with E-state index in [-0.39, 0.29) is 6.54 Å². The molecule has 0 aliphatic carbocycles. The first-order valence-corrected chi connectivity index (χ1v) is 6.30. The van der Waals surface area contributed by atoms with Crippen molar-refractivity contribution in [2.24, 2.45) is 0 Å². The van der Waals surface area contributed by atoms with Gasteiger partial charge in [0.1, 0.15) is 0 Å². The highest BCUT2D eigenvalue weighted by molar-refractivity contribution is 7.86. The van der Waals surface area contributed by atoms with Crippen LogP contribution < -0.4 is 5.32 Å². The second-order valence-corrected chi connectivity index (χ2v) is 5.10. The van der Waals surface area contributed by atoms with Gasteiger partial charge in [0.15, 0.2) is 0 Å². The molecule has 1 aromatic rings. The van der Waals surface area contributed by atoms with Crippen LogP contribution >= 0.6 is 23.2 Å². The highest BCUT2D eigenvalue weighted by Gasteiger charge is 2.06. The van der Waals surface area contributed by atoms with E-state index >= 15 is 0 Å². The van der Waals surface area contributed by atoms with Crippen molar-refractivity contribution in [1.82, 2.24) is 0 Å². The van der Waals surface area contributed by atoms with E-state index in [1.807, 2.05) is 0 Å². The van der Waals surface area contributed by atoms with Crippen LogP contribution in [0.5, 0.6) is 0 Å². The largest absolute Gasteiger partial charge is 0.384 e. The Balaban J connectivity index is 2.55. The molecule has 0 amide bonds. The van der Waals surface area contributed by atoms with E-state index < -0.39 is 16.0 Å². The minimum Gasteiger partial charge on any atom is -0.384 e. The normalized spacial score (nSPS) is 11.4. The molecule has 0 radical (unpaired) electrons. The van der Waals surface area contributed by atoms with Gasteiger partial charge in [0.05, 0.1) is 15.8 Å². The Labute approximate surface area is 97.4 Å². The average molecular weight is 272 g/mol. The van der Waals surface area contributed by atoms with E-state index in [2.05, 4.69) is 5.32 Å². The Morgan fingerprint density at radius 1 is 1.27 bits per heavy atom. The Morgan fingerprint density at radius 2 is 1.93 bits per heavy atom. The number of hydrogen-bond donors (Lipinski definition) is 1. The molecule has 1 N–H and O–H groups in total. The molecule has 0 saturated heterocycles. The maximum atomic E-state index is 12.1. The zero-order valence-corrected chi connectivity index (χ0v) is 9.83. The van der Waals surface area contributed by atoms with Crippen LogP contribution in [0.3, 0.4) is 0 Å². The van der Waals surface area contributed by atoms with Gasteiger partial charge in [-0.1, -0.05) is 23.2 Å². The standard InChI is InChI=1S/C8H8Cl2FNO2S/c9-7-2-1-6(5-8(7)10)12-3-4-15(11,13)14/h1-2,5,12H,3-4H2. The van der Waals surface area contributed by atoms with Crippen LogP contribution in [0.4, 0.5) is 9.57 Å². The Hall–Kier alpha value is -0.520. The molecule has 0 saturated carbocycles. The molecule has 0 aromatic heterocycles. The molecule has 0 spiro atoms. The highest BCUT2D eigenvalue weighted by Crippen LogP contribution is 2.24. The topological polar surface area (TPSA) is 46.2 Å². The minimum atomic E-state index is -4.43. The third kappa shape index (κ3) is 4.68. The van der Waals surface area contributed by atoms with Crippen molar-refractivity contribution >= 4 is 39.1 Å². The third-order valence-corrected chi connectivity index (χ3v) is 3.03. The summed E-state index contributed by atoms with van der Waals surface area (Å²) in [5, 5.41) is 3.46. The molecule has 7 heteroatoms. The predicted octanol–water partition coefficient (Wildman–Crippen LogP) is 2.70. The van der Waals surface area contributed by atoms with Crippen molar-refractivity contribution in [3.63, 3.8) is 0 Å². The number of nitrogens with one attached hydrogen (secondary N) is 1. The van der Waals surface area contributed by atoms with E-state index in [0.29, 0.717) is 15.7 Å². The minimum absolute atomic E-state index is 0.0171. The summed E-state index contributed by atoms with van der Waals surface area (Å²) in [5.74, 6) is -0.576. The van der Waals surface area contributed by atoms with Crippen LogP contribution in [0.1, 0.15) is 0 Å². The summed E-state index contributed by atoms with van der Waals surface area (Å²) in [6, 6.07) is 4.73. The van der Waals surface area contributed by atoms with Crippen molar-refractivity contribution in [1.29, 1.82) is 0 Å². The van der Waals surface area contributed by atoms with Crippen LogP contribution in [0.2, 0.25) is 10.0 Å². The summed E-state index contributed by atoms with van der Waals surface area (Å²) in [6.07, 6.45) is 0. The summed E-state index contributed by atoms with van der Waals surface area (Å²) in [5.41, 5.74) is 0.591. The van der Waals surface area contributed by atoms with Crippen LogP contribution in [0.25, 0.3) is 0 Å². The zero-order chi connectivity index (χ0) is 11.5. The third-order valence-electron chi connectivity index (χ3n) is 1.59. The lowest BCUT2D eigenvalue weighted by molar-refractivity contribution is 0.552. The van der Waals surface area contributed by atoms with Crippen molar-refractivity contribution < 1.29 is 12.3 Å². The highest BCUT2D eigenvalue weighted by atomic mass is 35.5. The molecule has 0 aliphatic rings. The van der Waals surface area contributed by atoms with Crippen LogP contribution in [-0.4, -0.2) is 20.7 Å². The smallest absolute Gasteiger partial charge is 0.304 e. The van der Waals surface area contributed by atoms with Gasteiger partial charge < -0.3 is 5.32 Å². The summed E-state index contributed by atoms with van der Waals surface area (Å²) >= 11 is 11.4. The van der Waals surface area contributed by atoms with Crippen molar-refractivity contribution in [2.75, 3.05) is 17.6 Å². The fourth-order valence-corrected chi connectivity index (χ4v) is 1.57. The lowest BCUT2D eigenvalue weighted by Gasteiger charge is -2.05. The first-order valence-electron chi connectivity index (χ1n) is 4.00. The van der Waals surface area contributed by atoms with Gasteiger partial charge in [-0.05, 0) is 18.2 Å². The molecule has 0 fully saturated rings. The number of benzene rings is 1. The summed E-state index contributed by atoms with van der Waals surface area (Å²) in [7, 11) is -4.43. The maximum absolute atomic E-state index is 12.1. The monoisotopic (exact) mass is 271 g/mol. The van der Waals surface area contributed by atoms with Gasteiger partial charge in [-0.15, -0.1) is 3.89 Å². The number of rotatable bonds is 4. The molecule has 84 valence electrons. The SMILES string of the molecule is O=S(=O)(F)CCNc1ccc(Cl)c(Cl)c1. The fourth-order valence-electron chi connectivity index (χ4n) is 0.923. The van der Waals surface area contributed by atoms with Crippen LogP contribution in [-0.2, 0) is 10.2 Å². The molecule has 0 heterocycles. The van der Waals surface area contributed by atoms with Gasteiger partial charge in [0.25, 0.3) is 0 Å². The molecule has 0 atom stereocenters. The predicted molar refractivity (Wildman–Crippen MR) is 59.8 cm³/mol. The fraction of sp³-hybridized carbons (Fsp3) is 0.250. The Morgan fingerprint density at radius 3 is 2.47 bits per heavy atom. The van der Waals surface area contributed by atoms with Crippen molar-refractivity contribution in [3.05, 3.63) is 28.2 Å². The molecule has 1 aromatic carbocycles. The second kappa shape index (κ2) is 5.01. The maximum Gasteiger partial charge on any atom is 0.304 e. The van der Waals surface area contributed by atoms with E-state index in [1.54, 1.807) is 12.1 Å². The quantitative estimate of drug-likeness (QED) is 0.857. The first kappa shape index (κ1) is 12.5. The Bertz CT molecular complexity index is 450. The Kier molecular flexibility index (Phi) is 4.19. The molecular weight excluding hydrogens is 264 g/mol. The van der Waals surface area contributed by atoms with Crippen molar-refractivity contribution in [2.45, 2.75) is 0 Å². The van der Waals surface area contributed by atoms with Gasteiger partial charge in [-0.3, -0.25) is 0 Å². The van der Waals surface area contributed by atoms with Gasteiger partial charge >= 0.3 is 10.2 Å². The molecule has 15 heavy (non-hydrogen) atoms. The molecular formula is C8H8Cl2FNO2S. The second-order valence-electron chi connectivity index (χ2n) is 2.80. The molecule has 0 bridgehead atoms. The molecule has 1 rings (SSSR count). The van der Waals surface area contributed by atoms with Crippen LogP contribution in [0.15, 0.2) is 18.2 Å². The number of hydrogen-bond acceptors (Lipinski definition) is 3.